The lowest BCUT2D eigenvalue weighted by molar-refractivity contribution is -0.117. The Hall–Kier alpha value is -2.45. The molecule has 1 N–H and O–H groups in total. The molecule has 2 aromatic rings. The van der Waals surface area contributed by atoms with Crippen molar-refractivity contribution in [3.05, 3.63) is 46.1 Å². The third-order valence-electron chi connectivity index (χ3n) is 6.09. The lowest BCUT2D eigenvalue weighted by Crippen LogP contribution is -2.48. The van der Waals surface area contributed by atoms with Gasteiger partial charge >= 0.3 is 5.97 Å². The lowest BCUT2D eigenvalue weighted by atomic mass is 9.88. The number of rotatable bonds is 5. The van der Waals surface area contributed by atoms with E-state index in [4.69, 9.17) is 4.74 Å². The predicted molar refractivity (Wildman–Crippen MR) is 121 cm³/mol. The van der Waals surface area contributed by atoms with Gasteiger partial charge in [0.15, 0.2) is 0 Å². The monoisotopic (exact) mass is 445 g/mol. The van der Waals surface area contributed by atoms with Crippen LogP contribution in [-0.4, -0.2) is 56.6 Å². The first-order valence-electron chi connectivity index (χ1n) is 10.7. The van der Waals surface area contributed by atoms with E-state index in [0.717, 1.165) is 24.8 Å². The van der Waals surface area contributed by atoms with Gasteiger partial charge in [0.05, 0.1) is 24.9 Å². The number of esters is 1. The van der Waals surface area contributed by atoms with Gasteiger partial charge in [0.25, 0.3) is 0 Å². The summed E-state index contributed by atoms with van der Waals surface area (Å²) in [5.41, 5.74) is 2.16. The second kappa shape index (κ2) is 9.36. The van der Waals surface area contributed by atoms with E-state index >= 15 is 0 Å². The van der Waals surface area contributed by atoms with Gasteiger partial charge in [-0.3, -0.25) is 9.69 Å². The van der Waals surface area contributed by atoms with Crippen molar-refractivity contribution in [1.29, 1.82) is 0 Å². The van der Waals surface area contributed by atoms with Crippen LogP contribution in [0.5, 0.6) is 0 Å². The highest BCUT2D eigenvalue weighted by atomic mass is 32.1. The number of ether oxygens (including phenoxy) is 1. The second-order valence-electron chi connectivity index (χ2n) is 8.31. The zero-order valence-electron chi connectivity index (χ0n) is 17.9. The van der Waals surface area contributed by atoms with Gasteiger partial charge in [-0.2, -0.15) is 0 Å². The van der Waals surface area contributed by atoms with Gasteiger partial charge in [-0.25, -0.2) is 9.18 Å². The van der Waals surface area contributed by atoms with E-state index in [9.17, 15) is 14.0 Å². The molecular weight excluding hydrogens is 417 g/mol. The highest BCUT2D eigenvalue weighted by Gasteiger charge is 2.29. The van der Waals surface area contributed by atoms with Gasteiger partial charge in [-0.05, 0) is 42.9 Å². The molecule has 0 saturated carbocycles. The van der Waals surface area contributed by atoms with Gasteiger partial charge in [-0.1, -0.05) is 19.1 Å². The minimum absolute atomic E-state index is 0.142. The average molecular weight is 446 g/mol. The molecule has 31 heavy (non-hydrogen) atoms. The molecule has 1 atom stereocenters. The van der Waals surface area contributed by atoms with E-state index in [1.54, 1.807) is 12.1 Å². The summed E-state index contributed by atoms with van der Waals surface area (Å²) in [6.07, 6.45) is 2.80. The van der Waals surface area contributed by atoms with Crippen LogP contribution in [0.4, 0.5) is 15.1 Å². The molecule has 166 valence electrons. The van der Waals surface area contributed by atoms with Gasteiger partial charge < -0.3 is 15.0 Å². The summed E-state index contributed by atoms with van der Waals surface area (Å²) in [7, 11) is 1.37. The second-order valence-corrected chi connectivity index (χ2v) is 9.42. The number of hydrogen-bond donors (Lipinski definition) is 1. The van der Waals surface area contributed by atoms with Crippen LogP contribution in [0.25, 0.3) is 0 Å². The van der Waals surface area contributed by atoms with Crippen LogP contribution in [0.2, 0.25) is 0 Å². The fourth-order valence-electron chi connectivity index (χ4n) is 4.38. The number of carbonyl (C=O) groups is 2. The number of para-hydroxylation sites is 1. The first-order chi connectivity index (χ1) is 15.0. The molecule has 0 bridgehead atoms. The van der Waals surface area contributed by atoms with Gasteiger partial charge in [0.2, 0.25) is 5.91 Å². The van der Waals surface area contributed by atoms with E-state index in [1.165, 1.54) is 29.4 Å². The normalized spacial score (nSPS) is 19.1. The number of hydrogen-bond acceptors (Lipinski definition) is 6. The summed E-state index contributed by atoms with van der Waals surface area (Å²) in [5, 5.41) is 3.56. The van der Waals surface area contributed by atoms with E-state index < -0.39 is 0 Å². The Morgan fingerprint density at radius 2 is 1.97 bits per heavy atom. The van der Waals surface area contributed by atoms with E-state index in [1.807, 2.05) is 11.0 Å². The minimum atomic E-state index is -0.388. The van der Waals surface area contributed by atoms with Crippen LogP contribution in [0.3, 0.4) is 0 Å². The van der Waals surface area contributed by atoms with E-state index in [2.05, 4.69) is 17.1 Å². The fourth-order valence-corrected chi connectivity index (χ4v) is 5.80. The third kappa shape index (κ3) is 4.75. The Balaban J connectivity index is 1.38. The largest absolute Gasteiger partial charge is 0.465 e. The van der Waals surface area contributed by atoms with Crippen molar-refractivity contribution in [3.8, 4) is 0 Å². The Morgan fingerprint density at radius 1 is 1.23 bits per heavy atom. The molecule has 1 aromatic heterocycles. The van der Waals surface area contributed by atoms with Crippen molar-refractivity contribution in [2.75, 3.05) is 50.1 Å². The van der Waals surface area contributed by atoms with E-state index in [0.29, 0.717) is 48.3 Å². The molecule has 1 aliphatic carbocycles. The maximum atomic E-state index is 14.0. The summed E-state index contributed by atoms with van der Waals surface area (Å²) >= 11 is 1.50. The van der Waals surface area contributed by atoms with Crippen LogP contribution in [0.1, 0.15) is 34.1 Å². The smallest absolute Gasteiger partial charge is 0.341 e. The fraction of sp³-hybridized carbons (Fsp3) is 0.478. The van der Waals surface area contributed by atoms with Crippen molar-refractivity contribution in [2.24, 2.45) is 5.92 Å². The highest BCUT2D eigenvalue weighted by molar-refractivity contribution is 7.17. The van der Waals surface area contributed by atoms with Crippen LogP contribution in [-0.2, 0) is 22.4 Å². The van der Waals surface area contributed by atoms with Gasteiger partial charge in [-0.15, -0.1) is 11.3 Å². The first kappa shape index (κ1) is 21.8. The minimum Gasteiger partial charge on any atom is -0.465 e. The standard InChI is InChI=1S/C23H28FN3O3S/c1-15-7-8-16-19(13-15)31-22(21(16)23(29)30-2)25-20(28)14-26-9-11-27(12-10-26)18-6-4-3-5-17(18)24/h3-6,15H,7-14H2,1-2H3,(H,25,28). The molecule has 0 spiro atoms. The van der Waals surface area contributed by atoms with Crippen LogP contribution in [0.15, 0.2) is 24.3 Å². The number of benzene rings is 1. The topological polar surface area (TPSA) is 61.9 Å². The molecule has 1 aromatic carbocycles. The SMILES string of the molecule is COC(=O)c1c(NC(=O)CN2CCN(c3ccccc3F)CC2)sc2c1CCC(C)C2. The number of methoxy groups -OCH3 is 1. The molecular formula is C23H28FN3O3S. The lowest BCUT2D eigenvalue weighted by Gasteiger charge is -2.35. The molecule has 4 rings (SSSR count). The zero-order chi connectivity index (χ0) is 22.0. The number of fused-ring (bicyclic) bond motifs is 1. The third-order valence-corrected chi connectivity index (χ3v) is 7.26. The summed E-state index contributed by atoms with van der Waals surface area (Å²) in [6.45, 7) is 5.11. The number of piperazine rings is 1. The highest BCUT2D eigenvalue weighted by Crippen LogP contribution is 2.40. The number of anilines is 2. The number of nitrogens with one attached hydrogen (secondary N) is 1. The molecule has 0 radical (unpaired) electrons. The molecule has 8 heteroatoms. The maximum Gasteiger partial charge on any atom is 0.341 e. The van der Waals surface area contributed by atoms with Crippen molar-refractivity contribution in [3.63, 3.8) is 0 Å². The van der Waals surface area contributed by atoms with Crippen molar-refractivity contribution in [2.45, 2.75) is 26.2 Å². The number of nitrogens with zero attached hydrogens (tertiary/aromatic N) is 2. The van der Waals surface area contributed by atoms with Crippen LogP contribution in [0, 0.1) is 11.7 Å². The summed E-state index contributed by atoms with van der Waals surface area (Å²) < 4.78 is 19.0. The van der Waals surface area contributed by atoms with Crippen LogP contribution < -0.4 is 10.2 Å². The van der Waals surface area contributed by atoms with Crippen molar-refractivity contribution in [1.82, 2.24) is 4.90 Å². The summed E-state index contributed by atoms with van der Waals surface area (Å²) in [4.78, 5) is 30.4. The predicted octanol–water partition coefficient (Wildman–Crippen LogP) is 3.56. The molecule has 1 unspecified atom stereocenters. The van der Waals surface area contributed by atoms with Crippen molar-refractivity contribution >= 4 is 33.9 Å². The molecule has 2 heterocycles. The molecule has 1 saturated heterocycles. The Kier molecular flexibility index (Phi) is 6.57. The van der Waals surface area contributed by atoms with Gasteiger partial charge in [0, 0.05) is 31.1 Å². The number of carbonyl (C=O) groups excluding carboxylic acids is 2. The van der Waals surface area contributed by atoms with Crippen LogP contribution >= 0.6 is 11.3 Å². The number of halogens is 1. The molecule has 1 amide bonds. The quantitative estimate of drug-likeness (QED) is 0.713. The summed E-state index contributed by atoms with van der Waals surface area (Å²) in [5.74, 6) is -0.178. The van der Waals surface area contributed by atoms with Crippen molar-refractivity contribution < 1.29 is 18.7 Å². The van der Waals surface area contributed by atoms with Gasteiger partial charge in [0.1, 0.15) is 10.8 Å². The molecule has 1 fully saturated rings. The Bertz CT molecular complexity index is 969. The molecule has 6 nitrogen and oxygen atoms in total. The molecule has 2 aliphatic rings. The number of amides is 1. The maximum absolute atomic E-state index is 14.0. The summed E-state index contributed by atoms with van der Waals surface area (Å²) in [6, 6.07) is 6.77. The Morgan fingerprint density at radius 3 is 2.68 bits per heavy atom. The molecule has 1 aliphatic heterocycles. The van der Waals surface area contributed by atoms with E-state index in [-0.39, 0.29) is 24.2 Å². The number of thiophene rings is 1. The average Bonchev–Trinajstić information content (AvgIpc) is 3.10. The first-order valence-corrected chi connectivity index (χ1v) is 11.5. The Labute approximate surface area is 186 Å². The zero-order valence-corrected chi connectivity index (χ0v) is 18.8.